The standard InChI is InChI=1S/C21H27N3O3/c1-16(21(26)22-15-17-5-3-4-6-20(17)27-2)23-11-13-24(14-12-23)18-7-9-19(25)10-8-18/h3-10,16,25H,11-15H2,1-2H3,(H,22,26)/t16-/m1/s1. The van der Waals surface area contributed by atoms with Crippen LogP contribution in [0.3, 0.4) is 0 Å². The molecule has 144 valence electrons. The molecule has 0 aromatic heterocycles. The van der Waals surface area contributed by atoms with Crippen LogP contribution in [0.1, 0.15) is 12.5 Å². The van der Waals surface area contributed by atoms with Gasteiger partial charge >= 0.3 is 0 Å². The SMILES string of the molecule is COc1ccccc1CNC(=O)[C@@H](C)N1CCN(c2ccc(O)cc2)CC1. The molecule has 1 fully saturated rings. The Morgan fingerprint density at radius 1 is 1.11 bits per heavy atom. The van der Waals surface area contributed by atoms with Gasteiger partial charge in [0.25, 0.3) is 0 Å². The van der Waals surface area contributed by atoms with Crippen LogP contribution in [0.15, 0.2) is 48.5 Å². The second-order valence-electron chi connectivity index (χ2n) is 6.75. The van der Waals surface area contributed by atoms with Crippen LogP contribution in [0.4, 0.5) is 5.69 Å². The molecule has 1 aliphatic rings. The second-order valence-corrected chi connectivity index (χ2v) is 6.75. The van der Waals surface area contributed by atoms with Gasteiger partial charge in [0.1, 0.15) is 11.5 Å². The van der Waals surface area contributed by atoms with Gasteiger partial charge in [0.05, 0.1) is 13.2 Å². The number of nitrogens with one attached hydrogen (secondary N) is 1. The fraction of sp³-hybridized carbons (Fsp3) is 0.381. The van der Waals surface area contributed by atoms with E-state index in [9.17, 15) is 9.90 Å². The molecule has 0 spiro atoms. The zero-order valence-electron chi connectivity index (χ0n) is 15.9. The summed E-state index contributed by atoms with van der Waals surface area (Å²) < 4.78 is 5.33. The number of nitrogens with zero attached hydrogens (tertiary/aromatic N) is 2. The number of aromatic hydroxyl groups is 1. The third-order valence-electron chi connectivity index (χ3n) is 5.10. The first-order chi connectivity index (χ1) is 13.1. The first-order valence-corrected chi connectivity index (χ1v) is 9.26. The molecule has 1 heterocycles. The van der Waals surface area contributed by atoms with E-state index >= 15 is 0 Å². The molecule has 2 N–H and O–H groups in total. The average molecular weight is 369 g/mol. The van der Waals surface area contributed by atoms with Crippen molar-refractivity contribution >= 4 is 11.6 Å². The van der Waals surface area contributed by atoms with Gasteiger partial charge in [-0.25, -0.2) is 0 Å². The maximum Gasteiger partial charge on any atom is 0.237 e. The van der Waals surface area contributed by atoms with Crippen LogP contribution in [0, 0.1) is 0 Å². The Kier molecular flexibility index (Phi) is 6.19. The number of benzene rings is 2. The molecule has 0 aliphatic carbocycles. The number of carbonyl (C=O) groups excluding carboxylic acids is 1. The third-order valence-corrected chi connectivity index (χ3v) is 5.10. The number of phenols is 1. The lowest BCUT2D eigenvalue weighted by Crippen LogP contribution is -2.53. The Bertz CT molecular complexity index is 756. The Morgan fingerprint density at radius 3 is 2.44 bits per heavy atom. The minimum absolute atomic E-state index is 0.0268. The lowest BCUT2D eigenvalue weighted by atomic mass is 10.1. The Hall–Kier alpha value is -2.73. The number of phenolic OH excluding ortho intramolecular Hbond substituents is 1. The van der Waals surface area contributed by atoms with E-state index in [2.05, 4.69) is 15.1 Å². The van der Waals surface area contributed by atoms with Crippen molar-refractivity contribution in [3.05, 3.63) is 54.1 Å². The Labute approximate surface area is 160 Å². The summed E-state index contributed by atoms with van der Waals surface area (Å²) in [6.07, 6.45) is 0. The van der Waals surface area contributed by atoms with Crippen molar-refractivity contribution in [2.75, 3.05) is 38.2 Å². The summed E-state index contributed by atoms with van der Waals surface area (Å²) in [7, 11) is 1.64. The van der Waals surface area contributed by atoms with E-state index in [1.807, 2.05) is 43.3 Å². The van der Waals surface area contributed by atoms with Crippen LogP contribution >= 0.6 is 0 Å². The number of carbonyl (C=O) groups is 1. The van der Waals surface area contributed by atoms with E-state index in [0.717, 1.165) is 43.2 Å². The molecule has 1 aliphatic heterocycles. The zero-order valence-corrected chi connectivity index (χ0v) is 15.9. The predicted molar refractivity (Wildman–Crippen MR) is 106 cm³/mol. The van der Waals surface area contributed by atoms with Crippen molar-refractivity contribution in [1.82, 2.24) is 10.2 Å². The van der Waals surface area contributed by atoms with E-state index in [1.165, 1.54) is 0 Å². The molecule has 1 saturated heterocycles. The van der Waals surface area contributed by atoms with Gasteiger partial charge in [-0.1, -0.05) is 18.2 Å². The van der Waals surface area contributed by atoms with Gasteiger partial charge in [-0.2, -0.15) is 0 Å². The van der Waals surface area contributed by atoms with Gasteiger partial charge in [0.15, 0.2) is 0 Å². The summed E-state index contributed by atoms with van der Waals surface area (Å²) in [5.41, 5.74) is 2.07. The maximum atomic E-state index is 12.6. The fourth-order valence-corrected chi connectivity index (χ4v) is 3.38. The summed E-state index contributed by atoms with van der Waals surface area (Å²) in [6.45, 7) is 5.77. The summed E-state index contributed by atoms with van der Waals surface area (Å²) in [4.78, 5) is 17.0. The van der Waals surface area contributed by atoms with Crippen molar-refractivity contribution in [3.8, 4) is 11.5 Å². The van der Waals surface area contributed by atoms with Crippen LogP contribution in [0.5, 0.6) is 11.5 Å². The van der Waals surface area contributed by atoms with E-state index in [1.54, 1.807) is 19.2 Å². The van der Waals surface area contributed by atoms with E-state index < -0.39 is 0 Å². The smallest absolute Gasteiger partial charge is 0.237 e. The second kappa shape index (κ2) is 8.77. The lowest BCUT2D eigenvalue weighted by Gasteiger charge is -2.38. The summed E-state index contributed by atoms with van der Waals surface area (Å²) >= 11 is 0. The molecule has 1 atom stereocenters. The highest BCUT2D eigenvalue weighted by Gasteiger charge is 2.25. The molecular formula is C21H27N3O3. The zero-order chi connectivity index (χ0) is 19.2. The molecule has 6 heteroatoms. The van der Waals surface area contributed by atoms with Gasteiger partial charge in [-0.3, -0.25) is 9.69 Å². The summed E-state index contributed by atoms with van der Waals surface area (Å²) in [5, 5.41) is 12.4. The highest BCUT2D eigenvalue weighted by molar-refractivity contribution is 5.81. The number of amides is 1. The molecule has 0 radical (unpaired) electrons. The summed E-state index contributed by atoms with van der Waals surface area (Å²) in [6, 6.07) is 14.8. The quantitative estimate of drug-likeness (QED) is 0.818. The predicted octanol–water partition coefficient (Wildman–Crippen LogP) is 2.23. The molecule has 1 amide bonds. The molecular weight excluding hydrogens is 342 g/mol. The molecule has 2 aromatic rings. The first-order valence-electron chi connectivity index (χ1n) is 9.26. The van der Waals surface area contributed by atoms with Crippen molar-refractivity contribution < 1.29 is 14.6 Å². The van der Waals surface area contributed by atoms with E-state index in [-0.39, 0.29) is 17.7 Å². The topological polar surface area (TPSA) is 65.0 Å². The van der Waals surface area contributed by atoms with Gasteiger partial charge in [-0.15, -0.1) is 0 Å². The van der Waals surface area contributed by atoms with Crippen LogP contribution in [0.25, 0.3) is 0 Å². The number of piperazine rings is 1. The van der Waals surface area contributed by atoms with Gasteiger partial charge in [-0.05, 0) is 37.3 Å². The van der Waals surface area contributed by atoms with Crippen LogP contribution < -0.4 is 15.0 Å². The largest absolute Gasteiger partial charge is 0.508 e. The number of hydrogen-bond donors (Lipinski definition) is 2. The van der Waals surface area contributed by atoms with Crippen molar-refractivity contribution in [2.24, 2.45) is 0 Å². The number of ether oxygens (including phenoxy) is 1. The molecule has 2 aromatic carbocycles. The number of methoxy groups -OCH3 is 1. The lowest BCUT2D eigenvalue weighted by molar-refractivity contribution is -0.126. The van der Waals surface area contributed by atoms with Gasteiger partial charge < -0.3 is 20.1 Å². The summed E-state index contributed by atoms with van der Waals surface area (Å²) in [5.74, 6) is 1.09. The van der Waals surface area contributed by atoms with E-state index in [4.69, 9.17) is 4.74 Å². The number of para-hydroxylation sites is 1. The Morgan fingerprint density at radius 2 is 1.78 bits per heavy atom. The number of rotatable bonds is 6. The average Bonchev–Trinajstić information content (AvgIpc) is 2.72. The monoisotopic (exact) mass is 369 g/mol. The molecule has 3 rings (SSSR count). The maximum absolute atomic E-state index is 12.6. The van der Waals surface area contributed by atoms with Crippen molar-refractivity contribution in [2.45, 2.75) is 19.5 Å². The first kappa shape index (κ1) is 19.0. The molecule has 0 unspecified atom stereocenters. The minimum Gasteiger partial charge on any atom is -0.508 e. The Balaban J connectivity index is 1.50. The molecule has 0 saturated carbocycles. The third kappa shape index (κ3) is 4.71. The minimum atomic E-state index is -0.179. The van der Waals surface area contributed by atoms with Crippen LogP contribution in [-0.4, -0.2) is 55.2 Å². The van der Waals surface area contributed by atoms with Crippen molar-refractivity contribution in [1.29, 1.82) is 0 Å². The van der Waals surface area contributed by atoms with Crippen molar-refractivity contribution in [3.63, 3.8) is 0 Å². The number of hydrogen-bond acceptors (Lipinski definition) is 5. The van der Waals surface area contributed by atoms with Crippen LogP contribution in [0.2, 0.25) is 0 Å². The van der Waals surface area contributed by atoms with E-state index in [0.29, 0.717) is 6.54 Å². The number of anilines is 1. The fourth-order valence-electron chi connectivity index (χ4n) is 3.38. The molecule has 0 bridgehead atoms. The van der Waals surface area contributed by atoms with Gasteiger partial charge in [0, 0.05) is 44.0 Å². The molecule has 6 nitrogen and oxygen atoms in total. The highest BCUT2D eigenvalue weighted by atomic mass is 16.5. The van der Waals surface area contributed by atoms with Gasteiger partial charge in [0.2, 0.25) is 5.91 Å². The molecule has 27 heavy (non-hydrogen) atoms. The van der Waals surface area contributed by atoms with Crippen LogP contribution in [-0.2, 0) is 11.3 Å². The normalized spacial score (nSPS) is 16.0. The highest BCUT2D eigenvalue weighted by Crippen LogP contribution is 2.21.